The highest BCUT2D eigenvalue weighted by atomic mass is 16.7. The van der Waals surface area contributed by atoms with Crippen LogP contribution in [-0.4, -0.2) is 54.2 Å². The summed E-state index contributed by atoms with van der Waals surface area (Å²) in [6, 6.07) is 22.6. The minimum Gasteiger partial charge on any atom is -0.490 e. The third kappa shape index (κ3) is 10.1. The van der Waals surface area contributed by atoms with Crippen molar-refractivity contribution in [1.29, 1.82) is 0 Å². The van der Waals surface area contributed by atoms with Crippen LogP contribution in [0.2, 0.25) is 0 Å². The van der Waals surface area contributed by atoms with E-state index in [1.165, 1.54) is 6.42 Å². The Kier molecular flexibility index (Phi) is 12.1. The van der Waals surface area contributed by atoms with Gasteiger partial charge in [0, 0.05) is 13.2 Å². The molecule has 0 spiro atoms. The Hall–Kier alpha value is -3.72. The van der Waals surface area contributed by atoms with E-state index in [0.29, 0.717) is 25.3 Å². The molecule has 47 heavy (non-hydrogen) atoms. The molecule has 0 amide bonds. The van der Waals surface area contributed by atoms with Gasteiger partial charge in [-0.05, 0) is 107 Å². The second-order valence-corrected chi connectivity index (χ2v) is 13.6. The van der Waals surface area contributed by atoms with E-state index in [0.717, 1.165) is 67.2 Å². The molecule has 8 nitrogen and oxygen atoms in total. The fourth-order valence-electron chi connectivity index (χ4n) is 6.23. The molecule has 0 aromatic heterocycles. The number of benzene rings is 3. The smallest absolute Gasteiger partial charge is 0.339 e. The molecule has 3 aromatic rings. The molecule has 1 saturated carbocycles. The van der Waals surface area contributed by atoms with Gasteiger partial charge in [0.2, 0.25) is 0 Å². The first kappa shape index (κ1) is 34.6. The fourth-order valence-corrected chi connectivity index (χ4v) is 6.23. The largest absolute Gasteiger partial charge is 0.490 e. The second-order valence-electron chi connectivity index (χ2n) is 13.6. The molecule has 3 atom stereocenters. The maximum absolute atomic E-state index is 13.6. The lowest BCUT2D eigenvalue weighted by atomic mass is 9.97. The molecule has 3 aromatic carbocycles. The molecule has 1 aliphatic heterocycles. The van der Waals surface area contributed by atoms with Gasteiger partial charge in [-0.15, -0.1) is 0 Å². The molecular weight excluding hydrogens is 594 g/mol. The maximum Gasteiger partial charge on any atom is 0.339 e. The van der Waals surface area contributed by atoms with Gasteiger partial charge in [-0.2, -0.15) is 0 Å². The van der Waals surface area contributed by atoms with Gasteiger partial charge in [0.15, 0.2) is 6.29 Å². The molecule has 252 valence electrons. The third-order valence-corrected chi connectivity index (χ3v) is 8.65. The number of esters is 1. The lowest BCUT2D eigenvalue weighted by molar-refractivity contribution is -0.202. The SMILES string of the molecule is CC(C)(C)OC(=O)C(NCCc1ccc(-c2ccc(C(=O)O)c(OC3CCCCC3)c2)cc1)[C@H](OC1CCCCO1)c1ccccc1. The molecule has 2 aliphatic rings. The van der Waals surface area contributed by atoms with Crippen molar-refractivity contribution in [3.63, 3.8) is 0 Å². The molecule has 5 rings (SSSR count). The normalized spacial score (nSPS) is 18.7. The average molecular weight is 644 g/mol. The van der Waals surface area contributed by atoms with E-state index >= 15 is 0 Å². The number of hydrogen-bond donors (Lipinski definition) is 2. The van der Waals surface area contributed by atoms with Gasteiger partial charge in [-0.25, -0.2) is 4.79 Å². The summed E-state index contributed by atoms with van der Waals surface area (Å²) in [6.07, 6.45) is 7.88. The van der Waals surface area contributed by atoms with Gasteiger partial charge in [0.25, 0.3) is 0 Å². The van der Waals surface area contributed by atoms with Crippen LogP contribution in [0.4, 0.5) is 0 Å². The van der Waals surface area contributed by atoms with Crippen molar-refractivity contribution in [3.05, 3.63) is 89.5 Å². The van der Waals surface area contributed by atoms with E-state index in [2.05, 4.69) is 17.4 Å². The Morgan fingerprint density at radius 3 is 2.26 bits per heavy atom. The van der Waals surface area contributed by atoms with Crippen molar-refractivity contribution >= 4 is 11.9 Å². The first-order chi connectivity index (χ1) is 22.7. The van der Waals surface area contributed by atoms with E-state index in [4.69, 9.17) is 18.9 Å². The Labute approximate surface area is 278 Å². The molecule has 8 heteroatoms. The number of carbonyl (C=O) groups is 2. The number of carboxylic acid groups (broad SMARTS) is 1. The van der Waals surface area contributed by atoms with E-state index in [1.54, 1.807) is 6.07 Å². The topological polar surface area (TPSA) is 103 Å². The summed E-state index contributed by atoms with van der Waals surface area (Å²) < 4.78 is 24.5. The zero-order chi connectivity index (χ0) is 33.2. The van der Waals surface area contributed by atoms with Crippen molar-refractivity contribution in [3.8, 4) is 16.9 Å². The second kappa shape index (κ2) is 16.4. The highest BCUT2D eigenvalue weighted by Crippen LogP contribution is 2.32. The molecule has 2 N–H and O–H groups in total. The van der Waals surface area contributed by atoms with Gasteiger partial charge in [0.05, 0.1) is 6.10 Å². The number of nitrogens with one attached hydrogen (secondary N) is 1. The Morgan fingerprint density at radius 2 is 1.60 bits per heavy atom. The van der Waals surface area contributed by atoms with Crippen LogP contribution in [-0.2, 0) is 25.4 Å². The standard InChI is InChI=1S/C39H49NO7/c1-39(2,3)47-38(43)35(36(29-12-6-4-7-13-29)46-34-16-10-11-25-44-34)40-24-23-27-17-19-28(20-18-27)30-21-22-32(37(41)42)33(26-30)45-31-14-8-5-9-15-31/h4,6-7,12-13,17-22,26,31,34-36,40H,5,8-11,14-16,23-25H2,1-3H3,(H,41,42)/t34?,35?,36-/m1/s1. The van der Waals surface area contributed by atoms with Crippen LogP contribution in [0.3, 0.4) is 0 Å². The zero-order valence-electron chi connectivity index (χ0n) is 27.9. The number of carboxylic acids is 1. The first-order valence-corrected chi connectivity index (χ1v) is 17.1. The molecule has 2 unspecified atom stereocenters. The average Bonchev–Trinajstić information content (AvgIpc) is 3.06. The van der Waals surface area contributed by atoms with E-state index in [-0.39, 0.29) is 23.9 Å². The van der Waals surface area contributed by atoms with Crippen LogP contribution in [0.25, 0.3) is 11.1 Å². The summed E-state index contributed by atoms with van der Waals surface area (Å²) in [7, 11) is 0. The van der Waals surface area contributed by atoms with Crippen LogP contribution >= 0.6 is 0 Å². The van der Waals surface area contributed by atoms with Crippen molar-refractivity contribution in [2.75, 3.05) is 13.2 Å². The van der Waals surface area contributed by atoms with Crippen LogP contribution in [0.15, 0.2) is 72.8 Å². The van der Waals surface area contributed by atoms with Crippen molar-refractivity contribution in [1.82, 2.24) is 5.32 Å². The molecule has 0 bridgehead atoms. The van der Waals surface area contributed by atoms with Crippen LogP contribution in [0.5, 0.6) is 5.75 Å². The van der Waals surface area contributed by atoms with Gasteiger partial charge in [-0.3, -0.25) is 4.79 Å². The number of rotatable bonds is 13. The quantitative estimate of drug-likeness (QED) is 0.181. The van der Waals surface area contributed by atoms with Crippen molar-refractivity contribution in [2.24, 2.45) is 0 Å². The maximum atomic E-state index is 13.6. The van der Waals surface area contributed by atoms with Gasteiger partial charge in [0.1, 0.15) is 29.1 Å². The van der Waals surface area contributed by atoms with E-state index in [9.17, 15) is 14.7 Å². The third-order valence-electron chi connectivity index (χ3n) is 8.65. The van der Waals surface area contributed by atoms with Crippen LogP contribution in [0, 0.1) is 0 Å². The van der Waals surface area contributed by atoms with E-state index in [1.807, 2.05) is 75.4 Å². The molecule has 1 saturated heterocycles. The Bertz CT molecular complexity index is 1440. The predicted octanol–water partition coefficient (Wildman–Crippen LogP) is 7.89. The van der Waals surface area contributed by atoms with Gasteiger partial charge >= 0.3 is 11.9 Å². The summed E-state index contributed by atoms with van der Waals surface area (Å²) >= 11 is 0. The molecular formula is C39H49NO7. The highest BCUT2D eigenvalue weighted by Gasteiger charge is 2.36. The lowest BCUT2D eigenvalue weighted by Gasteiger charge is -2.33. The predicted molar refractivity (Wildman–Crippen MR) is 182 cm³/mol. The summed E-state index contributed by atoms with van der Waals surface area (Å²) in [5.74, 6) is -0.924. The monoisotopic (exact) mass is 643 g/mol. The molecule has 2 fully saturated rings. The fraction of sp³-hybridized carbons (Fsp3) is 0.487. The molecule has 1 aliphatic carbocycles. The minimum absolute atomic E-state index is 0.0542. The van der Waals surface area contributed by atoms with Gasteiger partial charge in [-0.1, -0.05) is 67.1 Å². The van der Waals surface area contributed by atoms with Crippen LogP contribution in [0.1, 0.15) is 99.7 Å². The number of carbonyl (C=O) groups excluding carboxylic acids is 1. The first-order valence-electron chi connectivity index (χ1n) is 17.1. The summed E-state index contributed by atoms with van der Waals surface area (Å²) in [5, 5.41) is 13.2. The lowest BCUT2D eigenvalue weighted by Crippen LogP contribution is -2.47. The minimum atomic E-state index is -0.985. The number of hydrogen-bond acceptors (Lipinski definition) is 7. The summed E-state index contributed by atoms with van der Waals surface area (Å²) in [4.78, 5) is 25.5. The van der Waals surface area contributed by atoms with Crippen LogP contribution < -0.4 is 10.1 Å². The Balaban J connectivity index is 1.29. The van der Waals surface area contributed by atoms with Crippen molar-refractivity contribution < 1.29 is 33.6 Å². The number of ether oxygens (including phenoxy) is 4. The zero-order valence-corrected chi connectivity index (χ0v) is 27.9. The number of aromatic carboxylic acids is 1. The summed E-state index contributed by atoms with van der Waals surface area (Å²) in [5.41, 5.74) is 3.40. The van der Waals surface area contributed by atoms with E-state index < -0.39 is 23.7 Å². The highest BCUT2D eigenvalue weighted by molar-refractivity contribution is 5.92. The molecule has 1 heterocycles. The summed E-state index contributed by atoms with van der Waals surface area (Å²) in [6.45, 7) is 6.77. The van der Waals surface area contributed by atoms with Gasteiger partial charge < -0.3 is 29.4 Å². The van der Waals surface area contributed by atoms with Crippen molar-refractivity contribution in [2.45, 2.75) is 109 Å². The Morgan fingerprint density at radius 1 is 0.894 bits per heavy atom. The molecule has 0 radical (unpaired) electrons.